The van der Waals surface area contributed by atoms with Gasteiger partial charge in [0, 0.05) is 0 Å². The smallest absolute Gasteiger partial charge is 0.331 e. The average molecular weight is 318 g/mol. The van der Waals surface area contributed by atoms with Crippen LogP contribution < -0.4 is 10.4 Å². The minimum Gasteiger partial charge on any atom is -0.491 e. The van der Waals surface area contributed by atoms with Crippen LogP contribution in [0, 0.1) is 0 Å². The number of H-pyrrole nitrogens is 1. The maximum atomic E-state index is 11.9. The van der Waals surface area contributed by atoms with Crippen LogP contribution in [-0.2, 0) is 6.54 Å². The molecule has 0 unspecified atom stereocenters. The SMILES string of the molecule is CCCCCCCCOc1c(O)[nH]c(=O)n1Cc1ccccc1. The van der Waals surface area contributed by atoms with E-state index in [1.807, 2.05) is 30.3 Å². The summed E-state index contributed by atoms with van der Waals surface area (Å²) in [5, 5.41) is 9.86. The van der Waals surface area contributed by atoms with Gasteiger partial charge in [-0.05, 0) is 12.0 Å². The zero-order valence-electron chi connectivity index (χ0n) is 13.8. The van der Waals surface area contributed by atoms with Crippen LogP contribution in [0.1, 0.15) is 51.0 Å². The van der Waals surface area contributed by atoms with Crippen molar-refractivity contribution < 1.29 is 9.84 Å². The van der Waals surface area contributed by atoms with Crippen LogP contribution in [0.4, 0.5) is 0 Å². The molecule has 0 aliphatic rings. The molecule has 1 aromatic carbocycles. The lowest BCUT2D eigenvalue weighted by Gasteiger charge is -2.09. The van der Waals surface area contributed by atoms with Crippen LogP contribution in [0.25, 0.3) is 0 Å². The van der Waals surface area contributed by atoms with Crippen molar-refractivity contribution in [3.63, 3.8) is 0 Å². The lowest BCUT2D eigenvalue weighted by molar-refractivity contribution is 0.265. The maximum absolute atomic E-state index is 11.9. The second kappa shape index (κ2) is 9.08. The van der Waals surface area contributed by atoms with Gasteiger partial charge >= 0.3 is 5.69 Å². The van der Waals surface area contributed by atoms with Crippen molar-refractivity contribution in [2.24, 2.45) is 0 Å². The van der Waals surface area contributed by atoms with Gasteiger partial charge in [-0.3, -0.25) is 9.55 Å². The van der Waals surface area contributed by atoms with Crippen LogP contribution in [0.2, 0.25) is 0 Å². The molecule has 0 bridgehead atoms. The molecule has 1 heterocycles. The normalized spacial score (nSPS) is 10.8. The first-order chi connectivity index (χ1) is 11.2. The van der Waals surface area contributed by atoms with E-state index in [4.69, 9.17) is 4.74 Å². The maximum Gasteiger partial charge on any atom is 0.331 e. The number of aromatic nitrogens is 2. The lowest BCUT2D eigenvalue weighted by atomic mass is 10.1. The molecule has 0 radical (unpaired) electrons. The van der Waals surface area contributed by atoms with E-state index in [0.717, 1.165) is 18.4 Å². The van der Waals surface area contributed by atoms with Gasteiger partial charge in [-0.25, -0.2) is 4.79 Å². The Morgan fingerprint density at radius 2 is 1.78 bits per heavy atom. The van der Waals surface area contributed by atoms with Crippen molar-refractivity contribution >= 4 is 0 Å². The van der Waals surface area contributed by atoms with Crippen molar-refractivity contribution in [1.29, 1.82) is 0 Å². The van der Waals surface area contributed by atoms with Crippen LogP contribution in [0.15, 0.2) is 35.1 Å². The standard InChI is InChI=1S/C18H26N2O3/c1-2-3-4-5-6-10-13-23-17-16(21)19-18(22)20(17)14-15-11-8-7-9-12-15/h7-9,11-12,21H,2-6,10,13-14H2,1H3,(H,19,22). The summed E-state index contributed by atoms with van der Waals surface area (Å²) in [6.07, 6.45) is 7.00. The van der Waals surface area contributed by atoms with E-state index in [-0.39, 0.29) is 17.4 Å². The molecular weight excluding hydrogens is 292 g/mol. The van der Waals surface area contributed by atoms with Gasteiger partial charge in [0.05, 0.1) is 13.2 Å². The number of hydrogen-bond acceptors (Lipinski definition) is 3. The van der Waals surface area contributed by atoms with Gasteiger partial charge in [0.1, 0.15) is 0 Å². The molecule has 2 aromatic rings. The Morgan fingerprint density at radius 3 is 2.52 bits per heavy atom. The van der Waals surface area contributed by atoms with E-state index >= 15 is 0 Å². The van der Waals surface area contributed by atoms with Crippen molar-refractivity contribution in [2.45, 2.75) is 52.0 Å². The van der Waals surface area contributed by atoms with Gasteiger partial charge < -0.3 is 9.84 Å². The number of aromatic hydroxyl groups is 1. The molecule has 1 aromatic heterocycles. The van der Waals surface area contributed by atoms with E-state index in [0.29, 0.717) is 13.2 Å². The summed E-state index contributed by atoms with van der Waals surface area (Å²) in [6.45, 7) is 3.08. The first-order valence-electron chi connectivity index (χ1n) is 8.41. The van der Waals surface area contributed by atoms with Gasteiger partial charge in [-0.2, -0.15) is 0 Å². The number of unbranched alkanes of at least 4 members (excludes halogenated alkanes) is 5. The molecular formula is C18H26N2O3. The number of aromatic amines is 1. The summed E-state index contributed by atoms with van der Waals surface area (Å²) in [7, 11) is 0. The number of rotatable bonds is 10. The Labute approximate surface area is 136 Å². The summed E-state index contributed by atoms with van der Waals surface area (Å²) >= 11 is 0. The lowest BCUT2D eigenvalue weighted by Crippen LogP contribution is -2.19. The fourth-order valence-corrected chi connectivity index (χ4v) is 2.55. The Balaban J connectivity index is 1.90. The second-order valence-electron chi connectivity index (χ2n) is 5.77. The zero-order chi connectivity index (χ0) is 16.5. The summed E-state index contributed by atoms with van der Waals surface area (Å²) in [4.78, 5) is 14.3. The Hall–Kier alpha value is -2.17. The molecule has 0 atom stereocenters. The van der Waals surface area contributed by atoms with Crippen LogP contribution >= 0.6 is 0 Å². The van der Waals surface area contributed by atoms with Crippen molar-refractivity contribution in [3.8, 4) is 11.8 Å². The highest BCUT2D eigenvalue weighted by molar-refractivity contribution is 5.27. The predicted octanol–water partition coefficient (Wildman–Crippen LogP) is 3.67. The number of imidazole rings is 1. The monoisotopic (exact) mass is 318 g/mol. The van der Waals surface area contributed by atoms with E-state index in [1.54, 1.807) is 0 Å². The van der Waals surface area contributed by atoms with E-state index < -0.39 is 0 Å². The first-order valence-corrected chi connectivity index (χ1v) is 8.41. The number of benzene rings is 1. The molecule has 23 heavy (non-hydrogen) atoms. The second-order valence-corrected chi connectivity index (χ2v) is 5.77. The molecule has 2 N–H and O–H groups in total. The summed E-state index contributed by atoms with van der Waals surface area (Å²) in [6, 6.07) is 9.65. The molecule has 0 saturated carbocycles. The minimum atomic E-state index is -0.357. The number of nitrogens with one attached hydrogen (secondary N) is 1. The molecule has 126 valence electrons. The Bertz CT molecular complexity index is 631. The third kappa shape index (κ3) is 5.20. The molecule has 0 aliphatic heterocycles. The van der Waals surface area contributed by atoms with E-state index in [1.165, 1.54) is 30.3 Å². The highest BCUT2D eigenvalue weighted by Crippen LogP contribution is 2.22. The molecule has 5 heteroatoms. The van der Waals surface area contributed by atoms with Crippen molar-refractivity contribution in [3.05, 3.63) is 46.4 Å². The quantitative estimate of drug-likeness (QED) is 0.657. The topological polar surface area (TPSA) is 67.2 Å². The number of nitrogens with zero attached hydrogens (tertiary/aromatic N) is 1. The average Bonchev–Trinajstić information content (AvgIpc) is 2.82. The summed E-state index contributed by atoms with van der Waals surface area (Å²) in [5.41, 5.74) is 0.627. The number of ether oxygens (including phenoxy) is 1. The molecule has 0 aliphatic carbocycles. The van der Waals surface area contributed by atoms with E-state index in [9.17, 15) is 9.90 Å². The fraction of sp³-hybridized carbons (Fsp3) is 0.500. The highest BCUT2D eigenvalue weighted by Gasteiger charge is 2.15. The highest BCUT2D eigenvalue weighted by atomic mass is 16.5. The first kappa shape index (κ1) is 17.2. The summed E-state index contributed by atoms with van der Waals surface area (Å²) in [5.74, 6) is 0.0318. The Kier molecular flexibility index (Phi) is 6.78. The largest absolute Gasteiger partial charge is 0.491 e. The third-order valence-corrected chi connectivity index (χ3v) is 3.84. The Morgan fingerprint density at radius 1 is 1.09 bits per heavy atom. The van der Waals surface area contributed by atoms with Gasteiger partial charge in [0.2, 0.25) is 0 Å². The van der Waals surface area contributed by atoms with Crippen LogP contribution in [0.5, 0.6) is 11.8 Å². The van der Waals surface area contributed by atoms with Gasteiger partial charge in [-0.1, -0.05) is 69.4 Å². The molecule has 0 amide bonds. The van der Waals surface area contributed by atoms with E-state index in [2.05, 4.69) is 11.9 Å². The molecule has 0 saturated heterocycles. The predicted molar refractivity (Wildman–Crippen MR) is 91.1 cm³/mol. The molecule has 2 rings (SSSR count). The fourth-order valence-electron chi connectivity index (χ4n) is 2.55. The molecule has 0 spiro atoms. The van der Waals surface area contributed by atoms with Gasteiger partial charge in [-0.15, -0.1) is 0 Å². The number of hydrogen-bond donors (Lipinski definition) is 2. The third-order valence-electron chi connectivity index (χ3n) is 3.84. The zero-order valence-corrected chi connectivity index (χ0v) is 13.8. The molecule has 0 fully saturated rings. The van der Waals surface area contributed by atoms with Gasteiger partial charge in [0.25, 0.3) is 11.8 Å². The van der Waals surface area contributed by atoms with Crippen LogP contribution in [0.3, 0.4) is 0 Å². The molecule has 5 nitrogen and oxygen atoms in total. The summed E-state index contributed by atoms with van der Waals surface area (Å²) < 4.78 is 7.08. The van der Waals surface area contributed by atoms with Gasteiger partial charge in [0.15, 0.2) is 0 Å². The van der Waals surface area contributed by atoms with Crippen molar-refractivity contribution in [1.82, 2.24) is 9.55 Å². The van der Waals surface area contributed by atoms with Crippen molar-refractivity contribution in [2.75, 3.05) is 6.61 Å². The minimum absolute atomic E-state index is 0.197. The van der Waals surface area contributed by atoms with Crippen LogP contribution in [-0.4, -0.2) is 21.3 Å².